The van der Waals surface area contributed by atoms with Crippen LogP contribution in [0.1, 0.15) is 54.4 Å². The van der Waals surface area contributed by atoms with E-state index in [1.54, 1.807) is 0 Å². The number of likely N-dealkylation sites (tertiary alicyclic amines) is 1. The van der Waals surface area contributed by atoms with E-state index in [9.17, 15) is 63.9 Å². The van der Waals surface area contributed by atoms with E-state index in [-0.39, 0.29) is 5.78 Å². The van der Waals surface area contributed by atoms with Crippen molar-refractivity contribution in [1.29, 1.82) is 0 Å². The molecule has 0 spiro atoms. The second-order valence-electron chi connectivity index (χ2n) is 12.3. The number of carbonyl (C=O) groups excluding carboxylic acids is 8. The van der Waals surface area contributed by atoms with Gasteiger partial charge in [0.2, 0.25) is 41.4 Å². The Labute approximate surface area is 289 Å². The number of aliphatic hydroxyl groups is 5. The van der Waals surface area contributed by atoms with E-state index in [0.717, 1.165) is 6.92 Å². The van der Waals surface area contributed by atoms with Gasteiger partial charge in [-0.3, -0.25) is 38.4 Å². The number of nitrogens with zero attached hydrogens (tertiary/aromatic N) is 1. The Morgan fingerprint density at radius 3 is 1.66 bits per heavy atom. The van der Waals surface area contributed by atoms with Gasteiger partial charge in [-0.1, -0.05) is 6.92 Å². The van der Waals surface area contributed by atoms with Crippen molar-refractivity contribution in [1.82, 2.24) is 36.8 Å². The summed E-state index contributed by atoms with van der Waals surface area (Å²) >= 11 is 0. The molecule has 0 saturated carbocycles. The minimum atomic E-state index is -1.73. The highest BCUT2D eigenvalue weighted by Crippen LogP contribution is 2.19. The molecule has 20 nitrogen and oxygen atoms in total. The third-order valence-corrected chi connectivity index (χ3v) is 8.07. The molecule has 0 bridgehead atoms. The van der Waals surface area contributed by atoms with E-state index < -0.39 is 122 Å². The Kier molecular flexibility index (Phi) is 17.9. The summed E-state index contributed by atoms with van der Waals surface area (Å²) < 4.78 is 0. The number of amides is 7. The van der Waals surface area contributed by atoms with Crippen LogP contribution < -0.4 is 31.9 Å². The molecule has 50 heavy (non-hydrogen) atoms. The Bertz CT molecular complexity index is 1250. The summed E-state index contributed by atoms with van der Waals surface area (Å²) in [4.78, 5) is 102. The second-order valence-corrected chi connectivity index (χ2v) is 12.3. The fourth-order valence-corrected chi connectivity index (χ4v) is 4.82. The van der Waals surface area contributed by atoms with Crippen LogP contribution in [0.25, 0.3) is 0 Å². The number of hydrogen-bond donors (Lipinski definition) is 11. The van der Waals surface area contributed by atoms with Gasteiger partial charge in [-0.25, -0.2) is 0 Å². The van der Waals surface area contributed by atoms with Gasteiger partial charge in [-0.15, -0.1) is 0 Å². The molecule has 284 valence electrons. The first kappa shape index (κ1) is 43.8. The maximum Gasteiger partial charge on any atom is 0.245 e. The molecule has 0 aromatic rings. The predicted molar refractivity (Wildman–Crippen MR) is 172 cm³/mol. The molecule has 1 heterocycles. The molecule has 0 aromatic carbocycles. The van der Waals surface area contributed by atoms with Gasteiger partial charge in [0, 0.05) is 6.54 Å². The van der Waals surface area contributed by atoms with Crippen LogP contribution in [0.5, 0.6) is 0 Å². The Balaban J connectivity index is 2.79. The minimum absolute atomic E-state index is 0.192. The van der Waals surface area contributed by atoms with Gasteiger partial charge >= 0.3 is 0 Å². The van der Waals surface area contributed by atoms with Crippen molar-refractivity contribution in [2.24, 2.45) is 5.92 Å². The molecule has 10 unspecified atom stereocenters. The van der Waals surface area contributed by atoms with Crippen LogP contribution in [0.3, 0.4) is 0 Å². The maximum absolute atomic E-state index is 12.9. The predicted octanol–water partition coefficient (Wildman–Crippen LogP) is -6.11. The average molecular weight is 718 g/mol. The van der Waals surface area contributed by atoms with Crippen LogP contribution in [-0.2, 0) is 38.4 Å². The number of rotatable bonds is 19. The van der Waals surface area contributed by atoms with E-state index in [1.807, 2.05) is 0 Å². The highest BCUT2D eigenvalue weighted by molar-refractivity contribution is 5.97. The van der Waals surface area contributed by atoms with Gasteiger partial charge in [0.1, 0.15) is 30.2 Å². The van der Waals surface area contributed by atoms with E-state index >= 15 is 0 Å². The molecule has 10 atom stereocenters. The molecule has 0 aliphatic carbocycles. The van der Waals surface area contributed by atoms with Crippen LogP contribution in [-0.4, -0.2) is 158 Å². The average Bonchev–Trinajstić information content (AvgIpc) is 3.55. The SMILES string of the molecule is CC(=O)C1CCCN1C(=O)C(C)NC(=O)C(CO)NC(=O)CNC(=O)C(NC(=O)C(CO)NC(=O)C(NC(=O)C(C)C(C)O)C(C)O)C(C)O. The van der Waals surface area contributed by atoms with Gasteiger partial charge in [0.15, 0.2) is 5.78 Å². The number of ketones is 1. The Morgan fingerprint density at radius 1 is 0.660 bits per heavy atom. The summed E-state index contributed by atoms with van der Waals surface area (Å²) in [6.07, 6.45) is -3.01. The Morgan fingerprint density at radius 2 is 1.16 bits per heavy atom. The van der Waals surface area contributed by atoms with E-state index in [4.69, 9.17) is 0 Å². The lowest BCUT2D eigenvalue weighted by molar-refractivity contribution is -0.140. The van der Waals surface area contributed by atoms with Crippen molar-refractivity contribution in [2.45, 2.75) is 109 Å². The number of Topliss-reactive ketones (excluding diaryl/α,β-unsaturated/α-hetero) is 1. The third-order valence-electron chi connectivity index (χ3n) is 8.07. The molecule has 1 saturated heterocycles. The van der Waals surface area contributed by atoms with Crippen molar-refractivity contribution < 1.29 is 63.9 Å². The summed E-state index contributed by atoms with van der Waals surface area (Å²) in [6.45, 7) is 5.40. The monoisotopic (exact) mass is 717 g/mol. The lowest BCUT2D eigenvalue weighted by Crippen LogP contribution is -2.61. The summed E-state index contributed by atoms with van der Waals surface area (Å²) in [7, 11) is 0. The molecule has 7 amide bonds. The first-order chi connectivity index (χ1) is 23.3. The van der Waals surface area contributed by atoms with Gasteiger partial charge < -0.3 is 62.3 Å². The number of carbonyl (C=O) groups is 8. The molecule has 0 radical (unpaired) electrons. The van der Waals surface area contributed by atoms with Gasteiger partial charge in [0.25, 0.3) is 0 Å². The largest absolute Gasteiger partial charge is 0.394 e. The molecular weight excluding hydrogens is 666 g/mol. The number of hydrogen-bond acceptors (Lipinski definition) is 13. The normalized spacial score (nSPS) is 19.6. The number of aliphatic hydroxyl groups excluding tert-OH is 5. The first-order valence-corrected chi connectivity index (χ1v) is 16.1. The molecule has 1 aliphatic rings. The van der Waals surface area contributed by atoms with Crippen LogP contribution in [0.2, 0.25) is 0 Å². The van der Waals surface area contributed by atoms with Gasteiger partial charge in [-0.2, -0.15) is 0 Å². The molecule has 11 N–H and O–H groups in total. The van der Waals surface area contributed by atoms with Crippen molar-refractivity contribution in [2.75, 3.05) is 26.3 Å². The highest BCUT2D eigenvalue weighted by Gasteiger charge is 2.36. The fourth-order valence-electron chi connectivity index (χ4n) is 4.82. The maximum atomic E-state index is 12.9. The van der Waals surface area contributed by atoms with Crippen molar-refractivity contribution in [3.8, 4) is 0 Å². The van der Waals surface area contributed by atoms with E-state index in [0.29, 0.717) is 19.4 Å². The zero-order valence-electron chi connectivity index (χ0n) is 29.0. The standard InChI is InChI=1S/C30H51N7O13/c1-13(15(3)40)25(45)35-24(18(6)43)29(49)34-20(12-39)27(47)36-23(17(5)42)28(48)31-10-22(44)33-19(11-38)26(46)32-14(2)30(50)37-9-7-8-21(37)16(4)41/h13-15,17-21,23-24,38-40,42-43H,7-12H2,1-6H3,(H,31,48)(H,32,46)(H,33,44)(H,34,49)(H,35,45)(H,36,47). The quantitative estimate of drug-likeness (QED) is 0.0594. The topological polar surface area (TPSA) is 313 Å². The molecule has 1 fully saturated rings. The molecule has 1 rings (SSSR count). The fraction of sp³-hybridized carbons (Fsp3) is 0.733. The lowest BCUT2D eigenvalue weighted by Gasteiger charge is -2.27. The second kappa shape index (κ2) is 20.4. The van der Waals surface area contributed by atoms with Gasteiger partial charge in [-0.05, 0) is 47.5 Å². The van der Waals surface area contributed by atoms with Crippen molar-refractivity contribution >= 4 is 47.1 Å². The smallest absolute Gasteiger partial charge is 0.245 e. The molecular formula is C30H51N7O13. The van der Waals surface area contributed by atoms with Crippen molar-refractivity contribution in [3.05, 3.63) is 0 Å². The van der Waals surface area contributed by atoms with Gasteiger partial charge in [0.05, 0.1) is 50.0 Å². The summed E-state index contributed by atoms with van der Waals surface area (Å²) in [5.41, 5.74) is 0. The van der Waals surface area contributed by atoms with E-state index in [1.165, 1.54) is 39.5 Å². The van der Waals surface area contributed by atoms with Crippen LogP contribution in [0, 0.1) is 5.92 Å². The Hall–Kier alpha value is -4.24. The first-order valence-electron chi connectivity index (χ1n) is 16.1. The van der Waals surface area contributed by atoms with E-state index in [2.05, 4.69) is 31.9 Å². The van der Waals surface area contributed by atoms with Crippen molar-refractivity contribution in [3.63, 3.8) is 0 Å². The van der Waals surface area contributed by atoms with Crippen LogP contribution in [0.15, 0.2) is 0 Å². The van der Waals surface area contributed by atoms with Crippen LogP contribution in [0.4, 0.5) is 0 Å². The summed E-state index contributed by atoms with van der Waals surface area (Å²) in [5, 5.41) is 62.4. The summed E-state index contributed by atoms with van der Waals surface area (Å²) in [5.74, 6) is -7.69. The molecule has 0 aromatic heterocycles. The molecule has 1 aliphatic heterocycles. The zero-order valence-corrected chi connectivity index (χ0v) is 29.0. The molecule has 20 heteroatoms. The minimum Gasteiger partial charge on any atom is -0.394 e. The number of nitrogens with one attached hydrogen (secondary N) is 6. The summed E-state index contributed by atoms with van der Waals surface area (Å²) in [6, 6.07) is -8.29. The highest BCUT2D eigenvalue weighted by atomic mass is 16.3. The zero-order chi connectivity index (χ0) is 38.5. The third kappa shape index (κ3) is 12.9. The lowest BCUT2D eigenvalue weighted by atomic mass is 10.0. The van der Waals surface area contributed by atoms with Crippen LogP contribution >= 0.6 is 0 Å².